The van der Waals surface area contributed by atoms with Crippen LogP contribution in [-0.4, -0.2) is 25.1 Å². The average molecular weight is 384 g/mol. The first-order chi connectivity index (χ1) is 13.1. The molecule has 2 N–H and O–H groups in total. The number of anilines is 3. The zero-order valence-electron chi connectivity index (χ0n) is 14.8. The predicted octanol–water partition coefficient (Wildman–Crippen LogP) is 4.75. The molecule has 3 aromatic rings. The number of pyridine rings is 1. The van der Waals surface area contributed by atoms with Crippen LogP contribution in [0.4, 0.5) is 17.2 Å². The molecule has 1 aromatic heterocycles. The van der Waals surface area contributed by atoms with E-state index in [0.717, 1.165) is 11.4 Å². The second-order valence-electron chi connectivity index (χ2n) is 5.59. The molecule has 0 aliphatic rings. The normalized spacial score (nSPS) is 10.2. The van der Waals surface area contributed by atoms with Crippen molar-refractivity contribution in [2.75, 3.05) is 24.9 Å². The number of aromatic nitrogens is 1. The molecule has 1 heterocycles. The number of carbonyl (C=O) groups excluding carboxylic acids is 1. The molecule has 0 radical (unpaired) electrons. The van der Waals surface area contributed by atoms with Crippen LogP contribution in [0.3, 0.4) is 0 Å². The molecular weight excluding hydrogens is 366 g/mol. The van der Waals surface area contributed by atoms with Gasteiger partial charge in [-0.1, -0.05) is 17.7 Å². The summed E-state index contributed by atoms with van der Waals surface area (Å²) in [5.74, 6) is 1.45. The minimum atomic E-state index is -0.273. The lowest BCUT2D eigenvalue weighted by atomic mass is 10.2. The quantitative estimate of drug-likeness (QED) is 0.642. The molecule has 27 heavy (non-hydrogen) atoms. The van der Waals surface area contributed by atoms with Gasteiger partial charge in [0.05, 0.1) is 26.1 Å². The molecule has 1 amide bonds. The van der Waals surface area contributed by atoms with Gasteiger partial charge in [0.25, 0.3) is 5.91 Å². The molecule has 0 unspecified atom stereocenters. The fraction of sp³-hybridized carbons (Fsp3) is 0.100. The highest BCUT2D eigenvalue weighted by atomic mass is 35.5. The third kappa shape index (κ3) is 4.68. The van der Waals surface area contributed by atoms with E-state index >= 15 is 0 Å². The van der Waals surface area contributed by atoms with Gasteiger partial charge in [-0.2, -0.15) is 0 Å². The van der Waals surface area contributed by atoms with Gasteiger partial charge in [-0.05, 0) is 42.5 Å². The van der Waals surface area contributed by atoms with E-state index in [2.05, 4.69) is 15.6 Å². The molecule has 7 heteroatoms. The van der Waals surface area contributed by atoms with Crippen LogP contribution in [0.1, 0.15) is 10.4 Å². The van der Waals surface area contributed by atoms with Crippen LogP contribution >= 0.6 is 11.6 Å². The highest BCUT2D eigenvalue weighted by Crippen LogP contribution is 2.31. The molecule has 2 aromatic carbocycles. The van der Waals surface area contributed by atoms with E-state index in [9.17, 15) is 4.79 Å². The maximum atomic E-state index is 12.2. The number of hydrogen-bond acceptors (Lipinski definition) is 5. The number of nitrogens with one attached hydrogen (secondary N) is 2. The van der Waals surface area contributed by atoms with Crippen molar-refractivity contribution >= 4 is 34.7 Å². The molecule has 6 nitrogen and oxygen atoms in total. The van der Waals surface area contributed by atoms with Crippen LogP contribution in [0.25, 0.3) is 0 Å². The van der Waals surface area contributed by atoms with Crippen molar-refractivity contribution in [3.8, 4) is 11.5 Å². The molecule has 0 saturated heterocycles. The van der Waals surface area contributed by atoms with Crippen molar-refractivity contribution in [2.24, 2.45) is 0 Å². The first-order valence-electron chi connectivity index (χ1n) is 8.11. The first kappa shape index (κ1) is 18.5. The largest absolute Gasteiger partial charge is 0.493 e. The van der Waals surface area contributed by atoms with Gasteiger partial charge in [0.2, 0.25) is 0 Å². The lowest BCUT2D eigenvalue weighted by molar-refractivity contribution is 0.102. The van der Waals surface area contributed by atoms with Gasteiger partial charge in [0, 0.05) is 22.3 Å². The Balaban J connectivity index is 1.67. The zero-order valence-corrected chi connectivity index (χ0v) is 15.6. The van der Waals surface area contributed by atoms with Gasteiger partial charge >= 0.3 is 0 Å². The summed E-state index contributed by atoms with van der Waals surface area (Å²) in [6.45, 7) is 0. The minimum absolute atomic E-state index is 0.273. The highest BCUT2D eigenvalue weighted by Gasteiger charge is 2.08. The molecule has 0 aliphatic heterocycles. The average Bonchev–Trinajstić information content (AvgIpc) is 2.69. The molecule has 0 aliphatic carbocycles. The fourth-order valence-electron chi connectivity index (χ4n) is 2.44. The SMILES string of the molecule is COc1ccc(Nc2ccc(NC(=O)c3cccc(Cl)c3)nc2)cc1OC. The maximum Gasteiger partial charge on any atom is 0.256 e. The summed E-state index contributed by atoms with van der Waals surface area (Å²) in [6.07, 6.45) is 1.63. The van der Waals surface area contributed by atoms with Gasteiger partial charge in [0.15, 0.2) is 11.5 Å². The van der Waals surface area contributed by atoms with Crippen molar-refractivity contribution in [2.45, 2.75) is 0 Å². The topological polar surface area (TPSA) is 72.5 Å². The van der Waals surface area contributed by atoms with Crippen molar-refractivity contribution in [3.63, 3.8) is 0 Å². The number of halogens is 1. The third-order valence-electron chi connectivity index (χ3n) is 3.76. The zero-order chi connectivity index (χ0) is 19.2. The Morgan fingerprint density at radius 1 is 0.963 bits per heavy atom. The molecule has 0 spiro atoms. The van der Waals surface area contributed by atoms with E-state index < -0.39 is 0 Å². The molecular formula is C20H18ClN3O3. The first-order valence-corrected chi connectivity index (χ1v) is 8.49. The van der Waals surface area contributed by atoms with Crippen LogP contribution in [0.5, 0.6) is 11.5 Å². The monoisotopic (exact) mass is 383 g/mol. The second kappa shape index (κ2) is 8.42. The van der Waals surface area contributed by atoms with Crippen molar-refractivity contribution in [1.29, 1.82) is 0 Å². The van der Waals surface area contributed by atoms with Gasteiger partial charge < -0.3 is 20.1 Å². The Morgan fingerprint density at radius 3 is 2.41 bits per heavy atom. The summed E-state index contributed by atoms with van der Waals surface area (Å²) in [5, 5.41) is 6.46. The number of amides is 1. The van der Waals surface area contributed by atoms with Gasteiger partial charge in [-0.3, -0.25) is 4.79 Å². The number of hydrogen-bond donors (Lipinski definition) is 2. The Morgan fingerprint density at radius 2 is 1.74 bits per heavy atom. The van der Waals surface area contributed by atoms with Crippen LogP contribution in [-0.2, 0) is 0 Å². The Hall–Kier alpha value is -3.25. The summed E-state index contributed by atoms with van der Waals surface area (Å²) in [7, 11) is 3.17. The number of rotatable bonds is 6. The summed E-state index contributed by atoms with van der Waals surface area (Å²) in [4.78, 5) is 16.5. The molecule has 0 saturated carbocycles. The van der Waals surface area contributed by atoms with Crippen LogP contribution in [0, 0.1) is 0 Å². The van der Waals surface area contributed by atoms with E-state index in [1.54, 1.807) is 50.7 Å². The molecule has 0 atom stereocenters. The Bertz CT molecular complexity index is 945. The minimum Gasteiger partial charge on any atom is -0.493 e. The smallest absolute Gasteiger partial charge is 0.256 e. The van der Waals surface area contributed by atoms with E-state index in [1.807, 2.05) is 24.3 Å². The van der Waals surface area contributed by atoms with E-state index in [1.165, 1.54) is 0 Å². The van der Waals surface area contributed by atoms with Crippen LogP contribution in [0.2, 0.25) is 5.02 Å². The number of nitrogens with zero attached hydrogens (tertiary/aromatic N) is 1. The van der Waals surface area contributed by atoms with Crippen LogP contribution in [0.15, 0.2) is 60.8 Å². The van der Waals surface area contributed by atoms with Crippen LogP contribution < -0.4 is 20.1 Å². The fourth-order valence-corrected chi connectivity index (χ4v) is 2.63. The molecule has 3 rings (SSSR count). The second-order valence-corrected chi connectivity index (χ2v) is 6.03. The summed E-state index contributed by atoms with van der Waals surface area (Å²) >= 11 is 5.91. The highest BCUT2D eigenvalue weighted by molar-refractivity contribution is 6.31. The molecule has 138 valence electrons. The number of methoxy groups -OCH3 is 2. The number of ether oxygens (including phenoxy) is 2. The number of benzene rings is 2. The van der Waals surface area contributed by atoms with Crippen molar-refractivity contribution < 1.29 is 14.3 Å². The Labute approximate surface area is 162 Å². The lowest BCUT2D eigenvalue weighted by Gasteiger charge is -2.11. The predicted molar refractivity (Wildman–Crippen MR) is 106 cm³/mol. The van der Waals surface area contributed by atoms with Crippen molar-refractivity contribution in [1.82, 2.24) is 4.98 Å². The Kier molecular flexibility index (Phi) is 5.78. The van der Waals surface area contributed by atoms with E-state index in [4.69, 9.17) is 21.1 Å². The third-order valence-corrected chi connectivity index (χ3v) is 4.00. The molecule has 0 fully saturated rings. The maximum absolute atomic E-state index is 12.2. The van der Waals surface area contributed by atoms with Gasteiger partial charge in [-0.15, -0.1) is 0 Å². The van der Waals surface area contributed by atoms with E-state index in [0.29, 0.717) is 27.9 Å². The summed E-state index contributed by atoms with van der Waals surface area (Å²) in [6, 6.07) is 15.8. The van der Waals surface area contributed by atoms with Gasteiger partial charge in [-0.25, -0.2) is 4.98 Å². The van der Waals surface area contributed by atoms with Crippen molar-refractivity contribution in [3.05, 3.63) is 71.4 Å². The van der Waals surface area contributed by atoms with E-state index in [-0.39, 0.29) is 5.91 Å². The standard InChI is InChI=1S/C20H18ClN3O3/c1-26-17-8-6-15(11-18(17)27-2)23-16-7-9-19(22-12-16)24-20(25)13-4-3-5-14(21)10-13/h3-12,23H,1-2H3,(H,22,24,25). The lowest BCUT2D eigenvalue weighted by Crippen LogP contribution is -2.12. The van der Waals surface area contributed by atoms with Gasteiger partial charge in [0.1, 0.15) is 5.82 Å². The summed E-state index contributed by atoms with van der Waals surface area (Å²) in [5.41, 5.74) is 2.06. The molecule has 0 bridgehead atoms. The summed E-state index contributed by atoms with van der Waals surface area (Å²) < 4.78 is 10.5. The number of carbonyl (C=O) groups is 1.